The predicted molar refractivity (Wildman–Crippen MR) is 71.1 cm³/mol. The maximum absolute atomic E-state index is 12.3. The number of carboxylic acids is 1. The van der Waals surface area contributed by atoms with E-state index in [0.29, 0.717) is 6.61 Å². The molecule has 1 heterocycles. The largest absolute Gasteiger partial charge is 0.480 e. The van der Waals surface area contributed by atoms with Crippen LogP contribution in [-0.4, -0.2) is 52.3 Å². The van der Waals surface area contributed by atoms with Crippen molar-refractivity contribution in [3.05, 3.63) is 0 Å². The fourth-order valence-electron chi connectivity index (χ4n) is 2.06. The average Bonchev–Trinajstić information content (AvgIpc) is 2.53. The van der Waals surface area contributed by atoms with Gasteiger partial charge in [0.1, 0.15) is 6.54 Å². The summed E-state index contributed by atoms with van der Waals surface area (Å²) in [6.07, 6.45) is 0.647. The van der Waals surface area contributed by atoms with Crippen molar-refractivity contribution in [1.82, 2.24) is 10.2 Å². The van der Waals surface area contributed by atoms with Gasteiger partial charge in [0.05, 0.1) is 11.6 Å². The summed E-state index contributed by atoms with van der Waals surface area (Å²) < 4.78 is 5.47. The lowest BCUT2D eigenvalue weighted by molar-refractivity contribution is -0.138. The van der Waals surface area contributed by atoms with Gasteiger partial charge in [0.2, 0.25) is 0 Å². The summed E-state index contributed by atoms with van der Waals surface area (Å²) in [5.74, 6) is -1.02. The third kappa shape index (κ3) is 3.83. The number of urea groups is 1. The van der Waals surface area contributed by atoms with Crippen molar-refractivity contribution < 1.29 is 19.4 Å². The Morgan fingerprint density at radius 2 is 2.05 bits per heavy atom. The van der Waals surface area contributed by atoms with E-state index in [-0.39, 0.29) is 18.7 Å². The number of ether oxygens (including phenoxy) is 1. The van der Waals surface area contributed by atoms with Gasteiger partial charge in [-0.05, 0) is 41.0 Å². The number of carbonyl (C=O) groups excluding carboxylic acids is 1. The Balaban J connectivity index is 2.80. The van der Waals surface area contributed by atoms with Crippen LogP contribution in [0.25, 0.3) is 0 Å². The van der Waals surface area contributed by atoms with Crippen LogP contribution in [-0.2, 0) is 9.53 Å². The Kier molecular flexibility index (Phi) is 4.45. The van der Waals surface area contributed by atoms with Gasteiger partial charge in [0.25, 0.3) is 0 Å². The molecule has 6 nitrogen and oxygen atoms in total. The third-order valence-electron chi connectivity index (χ3n) is 3.63. The van der Waals surface area contributed by atoms with Gasteiger partial charge in [-0.25, -0.2) is 4.79 Å². The van der Waals surface area contributed by atoms with Crippen molar-refractivity contribution in [3.8, 4) is 0 Å². The SMILES string of the molecule is CC1OCCC1(C)NC(=O)N(CC(=O)O)C(C)(C)C. The first-order valence-corrected chi connectivity index (χ1v) is 6.49. The lowest BCUT2D eigenvalue weighted by atomic mass is 9.95. The molecule has 110 valence electrons. The molecular weight excluding hydrogens is 248 g/mol. The van der Waals surface area contributed by atoms with Crippen LogP contribution in [0.1, 0.15) is 41.0 Å². The molecule has 0 bridgehead atoms. The Hall–Kier alpha value is -1.30. The van der Waals surface area contributed by atoms with Crippen LogP contribution in [0.4, 0.5) is 4.79 Å². The van der Waals surface area contributed by atoms with Gasteiger partial charge in [-0.1, -0.05) is 0 Å². The number of hydrogen-bond acceptors (Lipinski definition) is 3. The van der Waals surface area contributed by atoms with Crippen LogP contribution in [0.2, 0.25) is 0 Å². The van der Waals surface area contributed by atoms with Crippen LogP contribution >= 0.6 is 0 Å². The molecule has 2 unspecified atom stereocenters. The quantitative estimate of drug-likeness (QED) is 0.815. The van der Waals surface area contributed by atoms with E-state index >= 15 is 0 Å². The molecule has 19 heavy (non-hydrogen) atoms. The van der Waals surface area contributed by atoms with E-state index in [2.05, 4.69) is 5.32 Å². The highest BCUT2D eigenvalue weighted by molar-refractivity contribution is 5.81. The van der Waals surface area contributed by atoms with E-state index in [1.807, 2.05) is 34.6 Å². The lowest BCUT2D eigenvalue weighted by Crippen LogP contribution is -2.59. The fraction of sp³-hybridized carbons (Fsp3) is 0.846. The Bertz CT molecular complexity index is 364. The number of carbonyl (C=O) groups is 2. The molecule has 0 radical (unpaired) electrons. The number of nitrogens with one attached hydrogen (secondary N) is 1. The number of hydrogen-bond donors (Lipinski definition) is 2. The molecule has 0 saturated carbocycles. The minimum atomic E-state index is -1.02. The highest BCUT2D eigenvalue weighted by Gasteiger charge is 2.40. The van der Waals surface area contributed by atoms with Gasteiger partial charge < -0.3 is 20.1 Å². The van der Waals surface area contributed by atoms with E-state index in [1.54, 1.807) is 0 Å². The molecule has 1 saturated heterocycles. The van der Waals surface area contributed by atoms with E-state index in [4.69, 9.17) is 9.84 Å². The van der Waals surface area contributed by atoms with Gasteiger partial charge in [0.15, 0.2) is 0 Å². The fourth-order valence-corrected chi connectivity index (χ4v) is 2.06. The zero-order valence-electron chi connectivity index (χ0n) is 12.3. The Morgan fingerprint density at radius 1 is 1.47 bits per heavy atom. The van der Waals surface area contributed by atoms with E-state index in [1.165, 1.54) is 4.90 Å². The second-order valence-corrected chi connectivity index (χ2v) is 6.26. The normalized spacial score (nSPS) is 27.1. The molecule has 1 rings (SSSR count). The first-order chi connectivity index (χ1) is 8.56. The first kappa shape index (κ1) is 15.8. The molecule has 2 atom stereocenters. The van der Waals surface area contributed by atoms with Crippen molar-refractivity contribution in [3.63, 3.8) is 0 Å². The predicted octanol–water partition coefficient (Wildman–Crippen LogP) is 1.45. The molecule has 1 aliphatic heterocycles. The van der Waals surface area contributed by atoms with E-state index < -0.39 is 17.0 Å². The third-order valence-corrected chi connectivity index (χ3v) is 3.63. The van der Waals surface area contributed by atoms with Crippen molar-refractivity contribution in [1.29, 1.82) is 0 Å². The summed E-state index contributed by atoms with van der Waals surface area (Å²) in [6, 6.07) is -0.366. The second-order valence-electron chi connectivity index (χ2n) is 6.26. The monoisotopic (exact) mass is 272 g/mol. The maximum Gasteiger partial charge on any atom is 0.323 e. The summed E-state index contributed by atoms with van der Waals surface area (Å²) in [5.41, 5.74) is -0.999. The van der Waals surface area contributed by atoms with Gasteiger partial charge in [-0.3, -0.25) is 4.79 Å². The van der Waals surface area contributed by atoms with Crippen LogP contribution in [0.3, 0.4) is 0 Å². The summed E-state index contributed by atoms with van der Waals surface area (Å²) >= 11 is 0. The van der Waals surface area contributed by atoms with Crippen LogP contribution in [0.5, 0.6) is 0 Å². The summed E-state index contributed by atoms with van der Waals surface area (Å²) in [6.45, 7) is 9.55. The molecule has 0 spiro atoms. The molecule has 0 aliphatic carbocycles. The van der Waals surface area contributed by atoms with E-state index in [0.717, 1.165) is 6.42 Å². The van der Waals surface area contributed by atoms with Crippen molar-refractivity contribution >= 4 is 12.0 Å². The zero-order chi connectivity index (χ0) is 14.8. The van der Waals surface area contributed by atoms with Gasteiger partial charge in [0, 0.05) is 12.1 Å². The highest BCUT2D eigenvalue weighted by Crippen LogP contribution is 2.26. The van der Waals surface area contributed by atoms with Crippen molar-refractivity contribution in [2.24, 2.45) is 0 Å². The molecule has 0 aromatic heterocycles. The molecular formula is C13H24N2O4. The maximum atomic E-state index is 12.3. The summed E-state index contributed by atoms with van der Waals surface area (Å²) in [5, 5.41) is 11.8. The van der Waals surface area contributed by atoms with Crippen molar-refractivity contribution in [2.75, 3.05) is 13.2 Å². The highest BCUT2D eigenvalue weighted by atomic mass is 16.5. The minimum absolute atomic E-state index is 0.0805. The lowest BCUT2D eigenvalue weighted by Gasteiger charge is -2.38. The average molecular weight is 272 g/mol. The van der Waals surface area contributed by atoms with Gasteiger partial charge in [-0.15, -0.1) is 0 Å². The molecule has 0 aromatic carbocycles. The number of rotatable bonds is 3. The molecule has 2 N–H and O–H groups in total. The molecule has 1 aliphatic rings. The van der Waals surface area contributed by atoms with Crippen LogP contribution < -0.4 is 5.32 Å². The number of nitrogens with zero attached hydrogens (tertiary/aromatic N) is 1. The standard InChI is InChI=1S/C13H24N2O4/c1-9-13(5,6-7-19-9)14-11(18)15(8-10(16)17)12(2,3)4/h9H,6-8H2,1-5H3,(H,14,18)(H,16,17). The molecule has 1 fully saturated rings. The smallest absolute Gasteiger partial charge is 0.323 e. The summed E-state index contributed by atoms with van der Waals surface area (Å²) in [7, 11) is 0. The first-order valence-electron chi connectivity index (χ1n) is 6.49. The Morgan fingerprint density at radius 3 is 2.42 bits per heavy atom. The van der Waals surface area contributed by atoms with Gasteiger partial charge >= 0.3 is 12.0 Å². The number of aliphatic carboxylic acids is 1. The number of amides is 2. The minimum Gasteiger partial charge on any atom is -0.480 e. The molecule has 6 heteroatoms. The van der Waals surface area contributed by atoms with Crippen LogP contribution in [0, 0.1) is 0 Å². The second kappa shape index (κ2) is 5.36. The Labute approximate surface area is 114 Å². The number of carboxylic acid groups (broad SMARTS) is 1. The van der Waals surface area contributed by atoms with Crippen LogP contribution in [0.15, 0.2) is 0 Å². The topological polar surface area (TPSA) is 78.9 Å². The van der Waals surface area contributed by atoms with Crippen molar-refractivity contribution in [2.45, 2.75) is 58.2 Å². The molecule has 2 amide bonds. The summed E-state index contributed by atoms with van der Waals surface area (Å²) in [4.78, 5) is 24.5. The van der Waals surface area contributed by atoms with E-state index in [9.17, 15) is 9.59 Å². The zero-order valence-corrected chi connectivity index (χ0v) is 12.3. The van der Waals surface area contributed by atoms with Gasteiger partial charge in [-0.2, -0.15) is 0 Å². The molecule has 0 aromatic rings.